The molecule has 0 amide bonds. The number of piperazine rings is 1. The van der Waals surface area contributed by atoms with E-state index >= 15 is 0 Å². The van der Waals surface area contributed by atoms with E-state index in [4.69, 9.17) is 0 Å². The summed E-state index contributed by atoms with van der Waals surface area (Å²) in [5, 5.41) is 0. The number of anilines is 1. The van der Waals surface area contributed by atoms with E-state index in [-0.39, 0.29) is 0 Å². The number of benzene rings is 2. The first-order valence-electron chi connectivity index (χ1n) is 9.20. The topological polar surface area (TPSA) is 18.8 Å². The van der Waals surface area contributed by atoms with Crippen LogP contribution in [0.15, 0.2) is 41.4 Å². The SMILES string of the molecule is CN1CCN(c2cc(-c3ccc(C(F)(F)F)cc3)cc3c2CCN=C3)CC1. The molecule has 4 rings (SSSR count). The number of fused-ring (bicyclic) bond motifs is 1. The highest BCUT2D eigenvalue weighted by molar-refractivity contribution is 5.89. The van der Waals surface area contributed by atoms with Crippen LogP contribution in [0, 0.1) is 0 Å². The summed E-state index contributed by atoms with van der Waals surface area (Å²) < 4.78 is 38.6. The maximum atomic E-state index is 12.9. The fraction of sp³-hybridized carbons (Fsp3) is 0.381. The van der Waals surface area contributed by atoms with E-state index in [0.29, 0.717) is 0 Å². The lowest BCUT2D eigenvalue weighted by Crippen LogP contribution is -2.45. The lowest BCUT2D eigenvalue weighted by Gasteiger charge is -2.36. The Hall–Kier alpha value is -2.34. The van der Waals surface area contributed by atoms with Gasteiger partial charge in [-0.05, 0) is 60.0 Å². The molecule has 0 N–H and O–H groups in total. The highest BCUT2D eigenvalue weighted by atomic mass is 19.4. The van der Waals surface area contributed by atoms with E-state index in [9.17, 15) is 13.2 Å². The summed E-state index contributed by atoms with van der Waals surface area (Å²) in [5.74, 6) is 0. The van der Waals surface area contributed by atoms with E-state index in [1.807, 2.05) is 12.3 Å². The van der Waals surface area contributed by atoms with E-state index in [0.717, 1.165) is 68.0 Å². The summed E-state index contributed by atoms with van der Waals surface area (Å²) in [7, 11) is 2.12. The van der Waals surface area contributed by atoms with Crippen molar-refractivity contribution < 1.29 is 13.2 Å². The number of alkyl halides is 3. The monoisotopic (exact) mass is 373 g/mol. The van der Waals surface area contributed by atoms with Crippen molar-refractivity contribution in [2.75, 3.05) is 44.7 Å². The molecule has 2 aromatic rings. The molecule has 1 fully saturated rings. The second kappa shape index (κ2) is 7.00. The van der Waals surface area contributed by atoms with Gasteiger partial charge in [-0.3, -0.25) is 4.99 Å². The normalized spacial score (nSPS) is 17.9. The molecule has 0 bridgehead atoms. The number of rotatable bonds is 2. The Morgan fingerprint density at radius 3 is 2.30 bits per heavy atom. The van der Waals surface area contributed by atoms with E-state index in [1.54, 1.807) is 12.1 Å². The quantitative estimate of drug-likeness (QED) is 0.789. The first kappa shape index (κ1) is 18.0. The predicted molar refractivity (Wildman–Crippen MR) is 103 cm³/mol. The van der Waals surface area contributed by atoms with Crippen LogP contribution in [0.3, 0.4) is 0 Å². The summed E-state index contributed by atoms with van der Waals surface area (Å²) >= 11 is 0. The maximum absolute atomic E-state index is 12.9. The van der Waals surface area contributed by atoms with Gasteiger partial charge in [-0.15, -0.1) is 0 Å². The number of nitrogens with zero attached hydrogens (tertiary/aromatic N) is 3. The van der Waals surface area contributed by atoms with Crippen LogP contribution < -0.4 is 4.90 Å². The molecule has 0 radical (unpaired) electrons. The molecule has 0 saturated carbocycles. The molecule has 6 heteroatoms. The van der Waals surface area contributed by atoms with Crippen LogP contribution in [0.5, 0.6) is 0 Å². The van der Waals surface area contributed by atoms with Crippen LogP contribution in [-0.4, -0.2) is 50.9 Å². The number of aliphatic imine (C=N–C) groups is 1. The van der Waals surface area contributed by atoms with Crippen molar-refractivity contribution >= 4 is 11.9 Å². The van der Waals surface area contributed by atoms with Gasteiger partial charge < -0.3 is 9.80 Å². The molecule has 2 aliphatic rings. The molecule has 0 unspecified atom stereocenters. The zero-order chi connectivity index (χ0) is 19.0. The summed E-state index contributed by atoms with van der Waals surface area (Å²) in [6, 6.07) is 9.58. The molecule has 2 heterocycles. The Labute approximate surface area is 157 Å². The van der Waals surface area contributed by atoms with Gasteiger partial charge in [0.15, 0.2) is 0 Å². The standard InChI is InChI=1S/C21H22F3N3/c1-26-8-10-27(11-9-26)20-13-16(12-17-14-25-7-6-19(17)20)15-2-4-18(5-3-15)21(22,23)24/h2-5,12-14H,6-11H2,1H3. The molecular weight excluding hydrogens is 351 g/mol. The molecule has 142 valence electrons. The van der Waals surface area contributed by atoms with E-state index in [2.05, 4.69) is 27.9 Å². The van der Waals surface area contributed by atoms with Crippen LogP contribution in [0.25, 0.3) is 11.1 Å². The van der Waals surface area contributed by atoms with Crippen molar-refractivity contribution in [2.45, 2.75) is 12.6 Å². The van der Waals surface area contributed by atoms with Gasteiger partial charge in [0, 0.05) is 44.6 Å². The summed E-state index contributed by atoms with van der Waals surface area (Å²) in [4.78, 5) is 9.10. The molecule has 2 aliphatic heterocycles. The Morgan fingerprint density at radius 1 is 0.926 bits per heavy atom. The van der Waals surface area contributed by atoms with Crippen LogP contribution >= 0.6 is 0 Å². The number of hydrogen-bond acceptors (Lipinski definition) is 3. The maximum Gasteiger partial charge on any atom is 0.416 e. The minimum absolute atomic E-state index is 0.620. The van der Waals surface area contributed by atoms with E-state index < -0.39 is 11.7 Å². The van der Waals surface area contributed by atoms with Gasteiger partial charge in [0.25, 0.3) is 0 Å². The molecule has 27 heavy (non-hydrogen) atoms. The van der Waals surface area contributed by atoms with E-state index in [1.165, 1.54) is 11.3 Å². The third-order valence-electron chi connectivity index (χ3n) is 5.37. The van der Waals surface area contributed by atoms with Crippen molar-refractivity contribution in [2.24, 2.45) is 4.99 Å². The lowest BCUT2D eigenvalue weighted by molar-refractivity contribution is -0.137. The fourth-order valence-electron chi connectivity index (χ4n) is 3.75. The zero-order valence-electron chi connectivity index (χ0n) is 15.3. The smallest absolute Gasteiger partial charge is 0.369 e. The van der Waals surface area contributed by atoms with Gasteiger partial charge in [-0.2, -0.15) is 13.2 Å². The first-order valence-corrected chi connectivity index (χ1v) is 9.20. The average Bonchev–Trinajstić information content (AvgIpc) is 2.67. The molecular formula is C21H22F3N3. The van der Waals surface area contributed by atoms with Gasteiger partial charge in [0.1, 0.15) is 0 Å². The zero-order valence-corrected chi connectivity index (χ0v) is 15.3. The summed E-state index contributed by atoms with van der Waals surface area (Å²) in [5.41, 5.74) is 4.68. The molecule has 0 aromatic heterocycles. The second-order valence-electron chi connectivity index (χ2n) is 7.21. The number of likely N-dealkylation sites (N-methyl/N-ethyl adjacent to an activating group) is 1. The third-order valence-corrected chi connectivity index (χ3v) is 5.37. The Kier molecular flexibility index (Phi) is 4.68. The van der Waals surface area contributed by atoms with Crippen molar-refractivity contribution in [1.29, 1.82) is 0 Å². The molecule has 0 aliphatic carbocycles. The van der Waals surface area contributed by atoms with Crippen molar-refractivity contribution in [3.63, 3.8) is 0 Å². The molecule has 0 spiro atoms. The van der Waals surface area contributed by atoms with Crippen LogP contribution in [0.2, 0.25) is 0 Å². The second-order valence-corrected chi connectivity index (χ2v) is 7.21. The lowest BCUT2D eigenvalue weighted by atomic mass is 9.93. The van der Waals surface area contributed by atoms with Crippen molar-refractivity contribution in [3.05, 3.63) is 53.1 Å². The Balaban J connectivity index is 1.74. The summed E-state index contributed by atoms with van der Waals surface area (Å²) in [6.07, 6.45) is -1.52. The fourth-order valence-corrected chi connectivity index (χ4v) is 3.75. The predicted octanol–water partition coefficient (Wildman–Crippen LogP) is 4.10. The van der Waals surface area contributed by atoms with Crippen LogP contribution in [-0.2, 0) is 12.6 Å². The van der Waals surface area contributed by atoms with Crippen molar-refractivity contribution in [1.82, 2.24) is 4.90 Å². The third kappa shape index (κ3) is 3.72. The average molecular weight is 373 g/mol. The highest BCUT2D eigenvalue weighted by Crippen LogP contribution is 2.35. The van der Waals surface area contributed by atoms with Gasteiger partial charge in [0.05, 0.1) is 5.56 Å². The van der Waals surface area contributed by atoms with Crippen LogP contribution in [0.4, 0.5) is 18.9 Å². The van der Waals surface area contributed by atoms with Gasteiger partial charge >= 0.3 is 6.18 Å². The van der Waals surface area contributed by atoms with Gasteiger partial charge in [-0.25, -0.2) is 0 Å². The van der Waals surface area contributed by atoms with Gasteiger partial charge in [0.2, 0.25) is 0 Å². The molecule has 2 aromatic carbocycles. The largest absolute Gasteiger partial charge is 0.416 e. The highest BCUT2D eigenvalue weighted by Gasteiger charge is 2.30. The van der Waals surface area contributed by atoms with Crippen molar-refractivity contribution in [3.8, 4) is 11.1 Å². The summed E-state index contributed by atoms with van der Waals surface area (Å²) in [6.45, 7) is 4.71. The minimum Gasteiger partial charge on any atom is -0.369 e. The molecule has 3 nitrogen and oxygen atoms in total. The van der Waals surface area contributed by atoms with Gasteiger partial charge in [-0.1, -0.05) is 12.1 Å². The Bertz CT molecular complexity index is 848. The van der Waals surface area contributed by atoms with Crippen LogP contribution in [0.1, 0.15) is 16.7 Å². The first-order chi connectivity index (χ1) is 12.9. The number of hydrogen-bond donors (Lipinski definition) is 0. The Morgan fingerprint density at radius 2 is 1.63 bits per heavy atom. The molecule has 1 saturated heterocycles. The molecule has 0 atom stereocenters. The number of halogens is 3. The minimum atomic E-state index is -4.31.